The van der Waals surface area contributed by atoms with Crippen LogP contribution in [0.1, 0.15) is 55.1 Å². The number of aromatic nitrogens is 2. The molecular formula is C26H29N3O4. The van der Waals surface area contributed by atoms with Crippen molar-refractivity contribution >= 4 is 12.1 Å². The number of hydrogen-bond donors (Lipinski definition) is 1. The van der Waals surface area contributed by atoms with E-state index in [1.807, 2.05) is 42.5 Å². The zero-order valence-corrected chi connectivity index (χ0v) is 18.8. The molecule has 0 atom stereocenters. The first kappa shape index (κ1) is 22.6. The van der Waals surface area contributed by atoms with Crippen molar-refractivity contribution in [3.05, 3.63) is 71.9 Å². The van der Waals surface area contributed by atoms with Crippen molar-refractivity contribution in [2.75, 3.05) is 6.61 Å². The Hall–Kier alpha value is -3.61. The number of carbonyl (C=O) groups excluding carboxylic acids is 2. The summed E-state index contributed by atoms with van der Waals surface area (Å²) in [4.78, 5) is 24.7. The van der Waals surface area contributed by atoms with E-state index in [2.05, 4.69) is 10.4 Å². The second-order valence-electron chi connectivity index (χ2n) is 8.18. The van der Waals surface area contributed by atoms with Gasteiger partial charge in [-0.05, 0) is 43.5 Å². The van der Waals surface area contributed by atoms with Gasteiger partial charge in [0.15, 0.2) is 5.69 Å². The SMILES string of the molecule is CCOC(=O)c1cc(-c2cccc(OC(=O)NC3CCCCC3)c2)n(Cc2ccccc2)n1. The highest BCUT2D eigenvalue weighted by Crippen LogP contribution is 2.26. The van der Waals surface area contributed by atoms with Crippen molar-refractivity contribution in [2.45, 2.75) is 51.6 Å². The van der Waals surface area contributed by atoms with E-state index in [1.165, 1.54) is 6.42 Å². The van der Waals surface area contributed by atoms with Crippen LogP contribution in [0.25, 0.3) is 11.3 Å². The molecule has 1 heterocycles. The van der Waals surface area contributed by atoms with Gasteiger partial charge in [0.2, 0.25) is 0 Å². The highest BCUT2D eigenvalue weighted by molar-refractivity contribution is 5.88. The van der Waals surface area contributed by atoms with E-state index < -0.39 is 12.1 Å². The summed E-state index contributed by atoms with van der Waals surface area (Å²) in [5, 5.41) is 7.45. The van der Waals surface area contributed by atoms with Crippen molar-refractivity contribution in [1.82, 2.24) is 15.1 Å². The van der Waals surface area contributed by atoms with Crippen LogP contribution in [0.15, 0.2) is 60.7 Å². The number of ether oxygens (including phenoxy) is 2. The first-order valence-electron chi connectivity index (χ1n) is 11.5. The predicted octanol–water partition coefficient (Wildman–Crippen LogP) is 5.20. The maximum Gasteiger partial charge on any atom is 0.412 e. The quantitative estimate of drug-likeness (QED) is 0.504. The molecule has 0 saturated heterocycles. The molecule has 1 fully saturated rings. The molecule has 0 spiro atoms. The highest BCUT2D eigenvalue weighted by atomic mass is 16.6. The van der Waals surface area contributed by atoms with Crippen LogP contribution in [-0.4, -0.2) is 34.5 Å². The molecule has 1 aliphatic rings. The molecule has 1 N–H and O–H groups in total. The monoisotopic (exact) mass is 447 g/mol. The lowest BCUT2D eigenvalue weighted by molar-refractivity contribution is 0.0518. The molecule has 0 radical (unpaired) electrons. The smallest absolute Gasteiger partial charge is 0.412 e. The molecule has 3 aromatic rings. The van der Waals surface area contributed by atoms with Crippen molar-refractivity contribution in [3.63, 3.8) is 0 Å². The van der Waals surface area contributed by atoms with Crippen molar-refractivity contribution in [2.24, 2.45) is 0 Å². The van der Waals surface area contributed by atoms with E-state index in [4.69, 9.17) is 9.47 Å². The van der Waals surface area contributed by atoms with Gasteiger partial charge in [-0.1, -0.05) is 61.7 Å². The average molecular weight is 448 g/mol. The molecule has 0 bridgehead atoms. The number of carbonyl (C=O) groups is 2. The summed E-state index contributed by atoms with van der Waals surface area (Å²) in [6.45, 7) is 2.53. The maximum atomic E-state index is 12.4. The molecular weight excluding hydrogens is 418 g/mol. The Kier molecular flexibility index (Phi) is 7.40. The molecule has 1 aromatic heterocycles. The van der Waals surface area contributed by atoms with Crippen LogP contribution in [0.4, 0.5) is 4.79 Å². The molecule has 172 valence electrons. The molecule has 33 heavy (non-hydrogen) atoms. The Bertz CT molecular complexity index is 1090. The molecule has 1 amide bonds. The summed E-state index contributed by atoms with van der Waals surface area (Å²) >= 11 is 0. The Morgan fingerprint density at radius 2 is 1.82 bits per heavy atom. The summed E-state index contributed by atoms with van der Waals surface area (Å²) in [5.74, 6) is -0.0317. The van der Waals surface area contributed by atoms with Gasteiger partial charge in [-0.25, -0.2) is 9.59 Å². The molecule has 4 rings (SSSR count). The van der Waals surface area contributed by atoms with Gasteiger partial charge in [-0.3, -0.25) is 4.68 Å². The largest absolute Gasteiger partial charge is 0.461 e. The van der Waals surface area contributed by atoms with Crippen LogP contribution in [0.5, 0.6) is 5.75 Å². The lowest BCUT2D eigenvalue weighted by Gasteiger charge is -2.22. The Morgan fingerprint density at radius 1 is 1.03 bits per heavy atom. The molecule has 0 aliphatic heterocycles. The van der Waals surface area contributed by atoms with Crippen LogP contribution in [-0.2, 0) is 11.3 Å². The van der Waals surface area contributed by atoms with Gasteiger partial charge < -0.3 is 14.8 Å². The minimum atomic E-state index is -0.468. The van der Waals surface area contributed by atoms with E-state index in [0.717, 1.165) is 42.5 Å². The first-order valence-corrected chi connectivity index (χ1v) is 11.5. The predicted molar refractivity (Wildman–Crippen MR) is 125 cm³/mol. The lowest BCUT2D eigenvalue weighted by Crippen LogP contribution is -2.37. The summed E-state index contributed by atoms with van der Waals surface area (Å²) < 4.78 is 12.5. The molecule has 2 aromatic carbocycles. The second kappa shape index (κ2) is 10.8. The third kappa shape index (κ3) is 6.00. The van der Waals surface area contributed by atoms with Gasteiger partial charge in [0, 0.05) is 11.6 Å². The van der Waals surface area contributed by atoms with Gasteiger partial charge in [-0.2, -0.15) is 5.10 Å². The zero-order chi connectivity index (χ0) is 23.0. The van der Waals surface area contributed by atoms with Gasteiger partial charge in [0.1, 0.15) is 5.75 Å². The van der Waals surface area contributed by atoms with Crippen LogP contribution in [0.3, 0.4) is 0 Å². The molecule has 1 saturated carbocycles. The van der Waals surface area contributed by atoms with Crippen LogP contribution in [0, 0.1) is 0 Å². The molecule has 0 unspecified atom stereocenters. The third-order valence-corrected chi connectivity index (χ3v) is 5.71. The van der Waals surface area contributed by atoms with Crippen molar-refractivity contribution in [3.8, 4) is 17.0 Å². The van der Waals surface area contributed by atoms with Crippen LogP contribution < -0.4 is 10.1 Å². The number of rotatable bonds is 7. The van der Waals surface area contributed by atoms with Gasteiger partial charge in [-0.15, -0.1) is 0 Å². The fourth-order valence-electron chi connectivity index (χ4n) is 4.10. The Balaban J connectivity index is 1.56. The second-order valence-corrected chi connectivity index (χ2v) is 8.18. The number of benzene rings is 2. The summed E-state index contributed by atoms with van der Waals surface area (Å²) in [6.07, 6.45) is 5.03. The topological polar surface area (TPSA) is 82.5 Å². The first-order chi connectivity index (χ1) is 16.1. The van der Waals surface area contributed by atoms with Gasteiger partial charge >= 0.3 is 12.1 Å². The van der Waals surface area contributed by atoms with Gasteiger partial charge in [0.05, 0.1) is 18.8 Å². The third-order valence-electron chi connectivity index (χ3n) is 5.71. The summed E-state index contributed by atoms with van der Waals surface area (Å²) in [6, 6.07) is 19.0. The van der Waals surface area contributed by atoms with E-state index in [1.54, 1.807) is 29.8 Å². The van der Waals surface area contributed by atoms with E-state index in [-0.39, 0.29) is 18.3 Å². The highest BCUT2D eigenvalue weighted by Gasteiger charge is 2.19. The Morgan fingerprint density at radius 3 is 2.58 bits per heavy atom. The van der Waals surface area contributed by atoms with Crippen LogP contribution >= 0.6 is 0 Å². The van der Waals surface area contributed by atoms with Gasteiger partial charge in [0.25, 0.3) is 0 Å². The lowest BCUT2D eigenvalue weighted by atomic mass is 9.96. The van der Waals surface area contributed by atoms with E-state index >= 15 is 0 Å². The Labute approximate surface area is 193 Å². The average Bonchev–Trinajstić information content (AvgIpc) is 3.24. The van der Waals surface area contributed by atoms with Crippen molar-refractivity contribution < 1.29 is 19.1 Å². The minimum absolute atomic E-state index is 0.175. The number of amides is 1. The normalized spacial score (nSPS) is 14.0. The van der Waals surface area contributed by atoms with Crippen LogP contribution in [0.2, 0.25) is 0 Å². The molecule has 1 aliphatic carbocycles. The number of nitrogens with zero attached hydrogens (tertiary/aromatic N) is 2. The zero-order valence-electron chi connectivity index (χ0n) is 18.8. The molecule has 7 nitrogen and oxygen atoms in total. The molecule has 7 heteroatoms. The fourth-order valence-corrected chi connectivity index (χ4v) is 4.10. The minimum Gasteiger partial charge on any atom is -0.461 e. The maximum absolute atomic E-state index is 12.4. The summed E-state index contributed by atoms with van der Waals surface area (Å²) in [7, 11) is 0. The standard InChI is InChI=1S/C26H29N3O4/c1-2-32-25(30)23-17-24(29(28-23)18-19-10-5-3-6-11-19)20-12-9-15-22(16-20)33-26(31)27-21-13-7-4-8-14-21/h3,5-6,9-12,15-17,21H,2,4,7-8,13-14,18H2,1H3,(H,27,31). The van der Waals surface area contributed by atoms with Crippen molar-refractivity contribution in [1.29, 1.82) is 0 Å². The number of esters is 1. The van der Waals surface area contributed by atoms with E-state index in [9.17, 15) is 9.59 Å². The fraction of sp³-hybridized carbons (Fsp3) is 0.346. The van der Waals surface area contributed by atoms with E-state index in [0.29, 0.717) is 12.3 Å². The number of nitrogens with one attached hydrogen (secondary N) is 1. The number of hydrogen-bond acceptors (Lipinski definition) is 5. The summed E-state index contributed by atoms with van der Waals surface area (Å²) in [5.41, 5.74) is 2.82.